The van der Waals surface area contributed by atoms with E-state index in [2.05, 4.69) is 5.32 Å². The molecule has 2 aromatic rings. The third-order valence-electron chi connectivity index (χ3n) is 4.53. The lowest BCUT2D eigenvalue weighted by molar-refractivity contribution is -0.137. The molecule has 1 heterocycles. The highest BCUT2D eigenvalue weighted by atomic mass is 32.2. The molecule has 0 saturated carbocycles. The van der Waals surface area contributed by atoms with Gasteiger partial charge in [0.25, 0.3) is 10.0 Å². The van der Waals surface area contributed by atoms with Crippen molar-refractivity contribution in [3.63, 3.8) is 0 Å². The molecule has 0 aliphatic carbocycles. The van der Waals surface area contributed by atoms with Gasteiger partial charge in [-0.25, -0.2) is 26.4 Å². The Labute approximate surface area is 177 Å². The van der Waals surface area contributed by atoms with Crippen molar-refractivity contribution in [1.82, 2.24) is 9.03 Å². The molecule has 2 aromatic carbocycles. The Hall–Kier alpha value is -2.64. The number of nitrogens with one attached hydrogen (secondary N) is 2. The molecule has 2 amide bonds. The van der Waals surface area contributed by atoms with Crippen LogP contribution in [0.3, 0.4) is 0 Å². The van der Waals surface area contributed by atoms with Crippen LogP contribution in [0.2, 0.25) is 0 Å². The van der Waals surface area contributed by atoms with Crippen LogP contribution in [0.1, 0.15) is 18.4 Å². The number of carbonyl (C=O) groups excluding carboxylic acids is 1. The molecule has 0 aromatic heterocycles. The minimum Gasteiger partial charge on any atom is -0.307 e. The number of rotatable bonds is 5. The number of amides is 2. The molecular formula is C18H18F3N3O5S2. The van der Waals surface area contributed by atoms with Crippen LogP contribution in [-0.2, 0) is 26.2 Å². The molecular weight excluding hydrogens is 459 g/mol. The van der Waals surface area contributed by atoms with Crippen molar-refractivity contribution in [1.29, 1.82) is 0 Å². The average Bonchev–Trinajstić information content (AvgIpc) is 3.23. The number of hydrogen-bond acceptors (Lipinski definition) is 5. The Morgan fingerprint density at radius 1 is 0.839 bits per heavy atom. The first-order valence-corrected chi connectivity index (χ1v) is 11.9. The van der Waals surface area contributed by atoms with Crippen molar-refractivity contribution in [2.45, 2.75) is 28.8 Å². The lowest BCUT2D eigenvalue weighted by atomic mass is 10.2. The summed E-state index contributed by atoms with van der Waals surface area (Å²) in [5, 5.41) is 2.12. The van der Waals surface area contributed by atoms with Crippen LogP contribution in [0.15, 0.2) is 58.3 Å². The van der Waals surface area contributed by atoms with Crippen molar-refractivity contribution >= 4 is 31.8 Å². The molecule has 31 heavy (non-hydrogen) atoms. The molecule has 0 spiro atoms. The lowest BCUT2D eigenvalue weighted by Crippen LogP contribution is -2.34. The second kappa shape index (κ2) is 8.48. The summed E-state index contributed by atoms with van der Waals surface area (Å²) in [5.74, 6) is 0. The molecule has 13 heteroatoms. The summed E-state index contributed by atoms with van der Waals surface area (Å²) < 4.78 is 90.4. The van der Waals surface area contributed by atoms with Gasteiger partial charge in [-0.05, 0) is 61.4 Å². The van der Waals surface area contributed by atoms with Gasteiger partial charge in [-0.15, -0.1) is 0 Å². The number of benzene rings is 2. The minimum absolute atomic E-state index is 0.0484. The van der Waals surface area contributed by atoms with Crippen molar-refractivity contribution in [2.24, 2.45) is 0 Å². The maximum absolute atomic E-state index is 12.6. The highest BCUT2D eigenvalue weighted by Crippen LogP contribution is 2.29. The predicted octanol–water partition coefficient (Wildman–Crippen LogP) is 3.00. The molecule has 1 fully saturated rings. The van der Waals surface area contributed by atoms with Crippen LogP contribution in [0, 0.1) is 0 Å². The van der Waals surface area contributed by atoms with E-state index < -0.39 is 37.8 Å². The van der Waals surface area contributed by atoms with Gasteiger partial charge in [-0.3, -0.25) is 0 Å². The molecule has 0 atom stereocenters. The fraction of sp³-hybridized carbons (Fsp3) is 0.278. The topological polar surface area (TPSA) is 113 Å². The molecule has 0 radical (unpaired) electrons. The van der Waals surface area contributed by atoms with E-state index in [4.69, 9.17) is 0 Å². The number of anilines is 1. The summed E-state index contributed by atoms with van der Waals surface area (Å²) in [6.45, 7) is 0.794. The Bertz CT molecular complexity index is 1160. The molecule has 1 aliphatic heterocycles. The van der Waals surface area contributed by atoms with E-state index in [1.54, 1.807) is 4.72 Å². The Morgan fingerprint density at radius 3 is 1.87 bits per heavy atom. The van der Waals surface area contributed by atoms with Crippen molar-refractivity contribution in [3.05, 3.63) is 54.1 Å². The van der Waals surface area contributed by atoms with Crippen molar-refractivity contribution < 1.29 is 34.8 Å². The van der Waals surface area contributed by atoms with Gasteiger partial charge >= 0.3 is 12.2 Å². The number of halogens is 3. The van der Waals surface area contributed by atoms with Crippen LogP contribution in [0.25, 0.3) is 0 Å². The van der Waals surface area contributed by atoms with Gasteiger partial charge in [0.05, 0.1) is 15.4 Å². The molecule has 2 N–H and O–H groups in total. The highest BCUT2D eigenvalue weighted by molar-refractivity contribution is 7.90. The van der Waals surface area contributed by atoms with E-state index >= 15 is 0 Å². The molecule has 3 rings (SSSR count). The molecule has 8 nitrogen and oxygen atoms in total. The van der Waals surface area contributed by atoms with E-state index in [0.717, 1.165) is 61.4 Å². The van der Waals surface area contributed by atoms with Crippen LogP contribution in [0.4, 0.5) is 23.7 Å². The van der Waals surface area contributed by atoms with Gasteiger partial charge < -0.3 is 5.32 Å². The SMILES string of the molecule is O=C(Nc1ccc(C(F)(F)F)cc1)NS(=O)(=O)c1ccc(S(=O)(=O)N2CCCC2)cc1. The van der Waals surface area contributed by atoms with Gasteiger partial charge in [0.2, 0.25) is 10.0 Å². The van der Waals surface area contributed by atoms with Gasteiger partial charge in [0.1, 0.15) is 0 Å². The Balaban J connectivity index is 1.68. The third-order valence-corrected chi connectivity index (χ3v) is 7.79. The van der Waals surface area contributed by atoms with Crippen LogP contribution in [-0.4, -0.2) is 40.3 Å². The summed E-state index contributed by atoms with van der Waals surface area (Å²) in [6, 6.07) is 6.63. The second-order valence-corrected chi connectivity index (χ2v) is 10.3. The molecule has 168 valence electrons. The average molecular weight is 477 g/mol. The van der Waals surface area contributed by atoms with Crippen LogP contribution < -0.4 is 10.0 Å². The first kappa shape index (κ1) is 23.0. The first-order valence-electron chi connectivity index (χ1n) is 9.01. The molecule has 1 saturated heterocycles. The number of urea groups is 1. The van der Waals surface area contributed by atoms with Gasteiger partial charge in [-0.1, -0.05) is 0 Å². The van der Waals surface area contributed by atoms with Crippen molar-refractivity contribution in [3.8, 4) is 0 Å². The molecule has 0 bridgehead atoms. The summed E-state index contributed by atoms with van der Waals surface area (Å²) >= 11 is 0. The maximum Gasteiger partial charge on any atom is 0.416 e. The van der Waals surface area contributed by atoms with E-state index in [0.29, 0.717) is 13.1 Å². The Kier molecular flexibility index (Phi) is 6.30. The number of hydrogen-bond donors (Lipinski definition) is 2. The zero-order valence-electron chi connectivity index (χ0n) is 15.9. The van der Waals surface area contributed by atoms with Gasteiger partial charge in [0, 0.05) is 18.8 Å². The second-order valence-electron chi connectivity index (χ2n) is 6.72. The number of alkyl halides is 3. The van der Waals surface area contributed by atoms with Gasteiger partial charge in [0.15, 0.2) is 0 Å². The van der Waals surface area contributed by atoms with Crippen LogP contribution >= 0.6 is 0 Å². The summed E-state index contributed by atoms with van der Waals surface area (Å²) in [5.41, 5.74) is -0.970. The summed E-state index contributed by atoms with van der Waals surface area (Å²) in [7, 11) is -8.06. The number of sulfonamides is 2. The highest BCUT2D eigenvalue weighted by Gasteiger charge is 2.30. The monoisotopic (exact) mass is 477 g/mol. The fourth-order valence-corrected chi connectivity index (χ4v) is 5.37. The minimum atomic E-state index is -4.54. The Morgan fingerprint density at radius 2 is 1.35 bits per heavy atom. The van der Waals surface area contributed by atoms with Gasteiger partial charge in [-0.2, -0.15) is 17.5 Å². The summed E-state index contributed by atoms with van der Waals surface area (Å²) in [6.07, 6.45) is -3.04. The number of nitrogens with zero attached hydrogens (tertiary/aromatic N) is 1. The van der Waals surface area contributed by atoms with E-state index in [9.17, 15) is 34.8 Å². The molecule has 0 unspecified atom stereocenters. The predicted molar refractivity (Wildman–Crippen MR) is 105 cm³/mol. The first-order chi connectivity index (χ1) is 14.4. The quantitative estimate of drug-likeness (QED) is 0.688. The summed E-state index contributed by atoms with van der Waals surface area (Å²) in [4.78, 5) is 11.5. The van der Waals surface area contributed by atoms with E-state index in [1.165, 1.54) is 4.31 Å². The smallest absolute Gasteiger partial charge is 0.307 e. The standard InChI is InChI=1S/C18H18F3N3O5S2/c19-18(20,21)13-3-5-14(6-4-13)22-17(25)23-30(26,27)15-7-9-16(10-8-15)31(28,29)24-11-1-2-12-24/h3-10H,1-2,11-12H2,(H2,22,23,25). The van der Waals surface area contributed by atoms with E-state index in [-0.39, 0.29) is 15.5 Å². The largest absolute Gasteiger partial charge is 0.416 e. The molecule has 1 aliphatic rings. The zero-order chi connectivity index (χ0) is 22.9. The normalized spacial score (nSPS) is 15.6. The maximum atomic E-state index is 12.6. The van der Waals surface area contributed by atoms with E-state index in [1.807, 2.05) is 0 Å². The van der Waals surface area contributed by atoms with Crippen molar-refractivity contribution in [2.75, 3.05) is 18.4 Å². The van der Waals surface area contributed by atoms with Crippen LogP contribution in [0.5, 0.6) is 0 Å². The third kappa shape index (κ3) is 5.35. The zero-order valence-corrected chi connectivity index (χ0v) is 17.5. The number of carbonyl (C=O) groups is 1. The lowest BCUT2D eigenvalue weighted by Gasteiger charge is -2.15. The fourth-order valence-electron chi connectivity index (χ4n) is 2.95.